The maximum atomic E-state index is 11.8. The van der Waals surface area contributed by atoms with Crippen LogP contribution in [0.1, 0.15) is 16.8 Å². The molecule has 0 radical (unpaired) electrons. The number of nitrogens with zero attached hydrogens (tertiary/aromatic N) is 1. The van der Waals surface area contributed by atoms with Crippen molar-refractivity contribution in [2.45, 2.75) is 6.42 Å². The van der Waals surface area contributed by atoms with Crippen molar-refractivity contribution in [1.29, 1.82) is 0 Å². The predicted molar refractivity (Wildman–Crippen MR) is 70.1 cm³/mol. The third kappa shape index (κ3) is 4.97. The molecule has 1 rings (SSSR count). The van der Waals surface area contributed by atoms with Gasteiger partial charge in [0, 0.05) is 19.5 Å². The van der Waals surface area contributed by atoms with Crippen molar-refractivity contribution in [2.24, 2.45) is 0 Å². The Morgan fingerprint density at radius 1 is 1.45 bits per heavy atom. The molecule has 0 aliphatic heterocycles. The molecule has 0 aliphatic carbocycles. The highest BCUT2D eigenvalue weighted by Gasteiger charge is 2.15. The number of aliphatic carboxylic acids is 1. The standard InChI is InChI=1S/C13H16N2O5/c1-2-6-15(8-12(17)18)11(16)3-5-14-13(19)10-4-7-20-9-10/h2,4,7,9H,1,3,5-6,8H2,(H,14,19)(H,17,18). The van der Waals surface area contributed by atoms with Gasteiger partial charge in [0.05, 0.1) is 11.8 Å². The van der Waals surface area contributed by atoms with Gasteiger partial charge < -0.3 is 19.7 Å². The van der Waals surface area contributed by atoms with Crippen molar-refractivity contribution in [3.05, 3.63) is 36.8 Å². The van der Waals surface area contributed by atoms with E-state index in [1.54, 1.807) is 0 Å². The molecule has 2 amide bonds. The van der Waals surface area contributed by atoms with Crippen LogP contribution in [0.3, 0.4) is 0 Å². The SMILES string of the molecule is C=CCN(CC(=O)O)C(=O)CCNC(=O)c1ccoc1. The van der Waals surface area contributed by atoms with Gasteiger partial charge in [-0.25, -0.2) is 0 Å². The minimum absolute atomic E-state index is 0.0186. The highest BCUT2D eigenvalue weighted by Crippen LogP contribution is 2.00. The lowest BCUT2D eigenvalue weighted by molar-refractivity contribution is -0.144. The molecule has 0 aromatic carbocycles. The van der Waals surface area contributed by atoms with Crippen molar-refractivity contribution in [3.63, 3.8) is 0 Å². The normalized spacial score (nSPS) is 9.80. The lowest BCUT2D eigenvalue weighted by atomic mass is 10.3. The van der Waals surface area contributed by atoms with Crippen LogP contribution in [0, 0.1) is 0 Å². The van der Waals surface area contributed by atoms with Crippen molar-refractivity contribution in [2.75, 3.05) is 19.6 Å². The highest BCUT2D eigenvalue weighted by atomic mass is 16.4. The van der Waals surface area contributed by atoms with Gasteiger partial charge in [-0.2, -0.15) is 0 Å². The van der Waals surface area contributed by atoms with E-state index in [0.29, 0.717) is 5.56 Å². The number of carbonyl (C=O) groups excluding carboxylic acids is 2. The summed E-state index contributed by atoms with van der Waals surface area (Å²) in [5.41, 5.74) is 0.367. The van der Waals surface area contributed by atoms with Crippen molar-refractivity contribution >= 4 is 17.8 Å². The molecule has 1 aromatic rings. The Morgan fingerprint density at radius 3 is 2.75 bits per heavy atom. The summed E-state index contributed by atoms with van der Waals surface area (Å²) in [7, 11) is 0. The summed E-state index contributed by atoms with van der Waals surface area (Å²) in [5, 5.41) is 11.2. The molecule has 1 heterocycles. The molecule has 0 aliphatic rings. The minimum atomic E-state index is -1.09. The summed E-state index contributed by atoms with van der Waals surface area (Å²) in [5.74, 6) is -1.80. The predicted octanol–water partition coefficient (Wildman–Crippen LogP) is 0.499. The van der Waals surface area contributed by atoms with Gasteiger partial charge in [-0.05, 0) is 6.07 Å². The molecule has 7 nitrogen and oxygen atoms in total. The van der Waals surface area contributed by atoms with Crippen molar-refractivity contribution in [1.82, 2.24) is 10.2 Å². The Kier molecular flexibility index (Phi) is 6.02. The Balaban J connectivity index is 2.39. The molecule has 1 aromatic heterocycles. The number of furan rings is 1. The molecule has 2 N–H and O–H groups in total. The number of nitrogens with one attached hydrogen (secondary N) is 1. The number of carbonyl (C=O) groups is 3. The zero-order chi connectivity index (χ0) is 15.0. The summed E-state index contributed by atoms with van der Waals surface area (Å²) < 4.78 is 4.76. The van der Waals surface area contributed by atoms with Gasteiger partial charge in [0.15, 0.2) is 0 Å². The van der Waals surface area contributed by atoms with Crippen LogP contribution in [-0.2, 0) is 9.59 Å². The molecule has 0 saturated heterocycles. The molecule has 0 fully saturated rings. The fourth-order valence-corrected chi connectivity index (χ4v) is 1.51. The van der Waals surface area contributed by atoms with Gasteiger partial charge in [0.2, 0.25) is 5.91 Å². The van der Waals surface area contributed by atoms with Crippen molar-refractivity contribution < 1.29 is 23.9 Å². The van der Waals surface area contributed by atoms with Crippen molar-refractivity contribution in [3.8, 4) is 0 Å². The quantitative estimate of drug-likeness (QED) is 0.675. The van der Waals surface area contributed by atoms with E-state index in [2.05, 4.69) is 11.9 Å². The van der Waals surface area contributed by atoms with E-state index in [1.165, 1.54) is 24.7 Å². The monoisotopic (exact) mass is 280 g/mol. The van der Waals surface area contributed by atoms with Crippen LogP contribution in [0.5, 0.6) is 0 Å². The van der Waals surface area contributed by atoms with E-state index in [-0.39, 0.29) is 37.9 Å². The van der Waals surface area contributed by atoms with Crippen LogP contribution in [-0.4, -0.2) is 47.4 Å². The first kappa shape index (κ1) is 15.5. The van der Waals surface area contributed by atoms with Gasteiger partial charge >= 0.3 is 5.97 Å². The van der Waals surface area contributed by atoms with Gasteiger partial charge in [-0.1, -0.05) is 6.08 Å². The van der Waals surface area contributed by atoms with E-state index in [1.807, 2.05) is 0 Å². The molecule has 108 valence electrons. The molecular weight excluding hydrogens is 264 g/mol. The second-order valence-corrected chi connectivity index (χ2v) is 3.97. The third-order valence-electron chi connectivity index (χ3n) is 2.44. The topological polar surface area (TPSA) is 99.9 Å². The minimum Gasteiger partial charge on any atom is -0.480 e. The Morgan fingerprint density at radius 2 is 2.20 bits per heavy atom. The number of amides is 2. The van der Waals surface area contributed by atoms with Crippen LogP contribution in [0.2, 0.25) is 0 Å². The number of hydrogen-bond donors (Lipinski definition) is 2. The van der Waals surface area contributed by atoms with E-state index < -0.39 is 5.97 Å². The lowest BCUT2D eigenvalue weighted by Gasteiger charge is -2.18. The van der Waals surface area contributed by atoms with Gasteiger partial charge in [0.1, 0.15) is 12.8 Å². The van der Waals surface area contributed by atoms with E-state index in [0.717, 1.165) is 4.90 Å². The molecule has 0 saturated carbocycles. The Hall–Kier alpha value is -2.57. The molecule has 0 unspecified atom stereocenters. The first-order chi connectivity index (χ1) is 9.54. The summed E-state index contributed by atoms with van der Waals surface area (Å²) in [4.78, 5) is 35.1. The number of carboxylic acid groups (broad SMARTS) is 1. The zero-order valence-electron chi connectivity index (χ0n) is 10.9. The Bertz CT molecular complexity index is 481. The fraction of sp³-hybridized carbons (Fsp3) is 0.308. The van der Waals surface area contributed by atoms with Crippen LogP contribution >= 0.6 is 0 Å². The van der Waals surface area contributed by atoms with Gasteiger partial charge in [-0.15, -0.1) is 6.58 Å². The maximum absolute atomic E-state index is 11.8. The second-order valence-electron chi connectivity index (χ2n) is 3.97. The smallest absolute Gasteiger partial charge is 0.323 e. The van der Waals surface area contributed by atoms with Gasteiger partial charge in [0.25, 0.3) is 5.91 Å². The van der Waals surface area contributed by atoms with Crippen LogP contribution in [0.15, 0.2) is 35.7 Å². The van der Waals surface area contributed by atoms with E-state index in [4.69, 9.17) is 9.52 Å². The first-order valence-electron chi connectivity index (χ1n) is 5.95. The van der Waals surface area contributed by atoms with E-state index in [9.17, 15) is 14.4 Å². The van der Waals surface area contributed by atoms with E-state index >= 15 is 0 Å². The summed E-state index contributed by atoms with van der Waals surface area (Å²) in [6.07, 6.45) is 4.14. The average molecular weight is 280 g/mol. The largest absolute Gasteiger partial charge is 0.480 e. The van der Waals surface area contributed by atoms with Crippen LogP contribution in [0.4, 0.5) is 0 Å². The molecular formula is C13H16N2O5. The lowest BCUT2D eigenvalue weighted by Crippen LogP contribution is -2.37. The number of carboxylic acids is 1. The maximum Gasteiger partial charge on any atom is 0.323 e. The molecule has 20 heavy (non-hydrogen) atoms. The number of rotatable bonds is 8. The molecule has 7 heteroatoms. The fourth-order valence-electron chi connectivity index (χ4n) is 1.51. The zero-order valence-corrected chi connectivity index (χ0v) is 10.9. The van der Waals surface area contributed by atoms with Gasteiger partial charge in [-0.3, -0.25) is 14.4 Å². The summed E-state index contributed by atoms with van der Waals surface area (Å²) >= 11 is 0. The highest BCUT2D eigenvalue weighted by molar-refractivity contribution is 5.94. The second kappa shape index (κ2) is 7.78. The van der Waals surface area contributed by atoms with Crippen LogP contribution in [0.25, 0.3) is 0 Å². The third-order valence-corrected chi connectivity index (χ3v) is 2.44. The number of hydrogen-bond acceptors (Lipinski definition) is 4. The summed E-state index contributed by atoms with van der Waals surface area (Å²) in [6, 6.07) is 1.51. The molecule has 0 bridgehead atoms. The molecule has 0 atom stereocenters. The van der Waals surface area contributed by atoms with Crippen LogP contribution < -0.4 is 5.32 Å². The summed E-state index contributed by atoms with van der Waals surface area (Å²) in [6.45, 7) is 3.35. The first-order valence-corrected chi connectivity index (χ1v) is 5.95. The average Bonchev–Trinajstić information content (AvgIpc) is 2.91. The molecule has 0 spiro atoms. The Labute approximate surface area is 115 Å².